The second-order valence-corrected chi connectivity index (χ2v) is 12.9. The van der Waals surface area contributed by atoms with Crippen molar-refractivity contribution in [3.63, 3.8) is 0 Å². The van der Waals surface area contributed by atoms with E-state index in [0.717, 1.165) is 36.4 Å². The summed E-state index contributed by atoms with van der Waals surface area (Å²) in [7, 11) is 0. The summed E-state index contributed by atoms with van der Waals surface area (Å²) in [6.07, 6.45) is 10.9. The highest BCUT2D eigenvalue weighted by atomic mass is 16.8. The van der Waals surface area contributed by atoms with Gasteiger partial charge in [0.15, 0.2) is 5.60 Å². The van der Waals surface area contributed by atoms with E-state index in [4.69, 9.17) is 18.9 Å². The zero-order chi connectivity index (χ0) is 27.6. The number of nitrogens with one attached hydrogen (secondary N) is 1. The van der Waals surface area contributed by atoms with Crippen molar-refractivity contribution < 1.29 is 28.5 Å². The lowest BCUT2D eigenvalue weighted by molar-refractivity contribution is -0.172. The highest BCUT2D eigenvalue weighted by Crippen LogP contribution is 2.38. The Balaban J connectivity index is 1.57. The number of aryl methyl sites for hydroxylation is 2. The first-order valence-electron chi connectivity index (χ1n) is 14.3. The number of rotatable bonds is 13. The molecule has 1 N–H and O–H groups in total. The van der Waals surface area contributed by atoms with E-state index in [0.29, 0.717) is 12.5 Å². The number of hydrogen-bond acceptors (Lipinski definition) is 7. The standard InChI is InChI=1S/C30H46N2O6/c1-20-18-31-24(16-23(20)9-7-8-21-10-11-21)17-30(26(33)36-29(5,6)38-30)25(19-35-15-14-22-12-13-22)32-27(34)37-28(2,3)4/h16,18,21-22,25H,7-15,17,19H2,1-6H3,(H,32,34)/t25-,30+/m0/s1. The summed E-state index contributed by atoms with van der Waals surface area (Å²) >= 11 is 0. The van der Waals surface area contributed by atoms with Gasteiger partial charge in [0.1, 0.15) is 5.60 Å². The second-order valence-electron chi connectivity index (χ2n) is 12.9. The summed E-state index contributed by atoms with van der Waals surface area (Å²) in [6.45, 7) is 11.5. The highest BCUT2D eigenvalue weighted by molar-refractivity contribution is 5.84. The molecule has 0 aromatic carbocycles. The molecule has 1 aliphatic heterocycles. The number of cyclic esters (lactones) is 1. The van der Waals surface area contributed by atoms with Gasteiger partial charge in [0, 0.05) is 38.8 Å². The van der Waals surface area contributed by atoms with Gasteiger partial charge in [-0.1, -0.05) is 32.1 Å². The Morgan fingerprint density at radius 3 is 2.47 bits per heavy atom. The maximum atomic E-state index is 13.6. The van der Waals surface area contributed by atoms with E-state index < -0.39 is 35.1 Å². The van der Waals surface area contributed by atoms with Crippen LogP contribution in [0.2, 0.25) is 0 Å². The molecule has 212 valence electrons. The number of amides is 1. The average molecular weight is 531 g/mol. The number of esters is 1. The van der Waals surface area contributed by atoms with Gasteiger partial charge in [0.25, 0.3) is 0 Å². The SMILES string of the molecule is Cc1cnc(C[C@]2([C@H](COCCC3CC3)NC(=O)OC(C)(C)C)OC(C)(C)OC2=O)cc1CCCC1CC1. The summed E-state index contributed by atoms with van der Waals surface area (Å²) < 4.78 is 23.6. The molecule has 0 bridgehead atoms. The zero-order valence-electron chi connectivity index (χ0n) is 24.1. The largest absolute Gasteiger partial charge is 0.444 e. The van der Waals surface area contributed by atoms with E-state index in [-0.39, 0.29) is 13.0 Å². The molecule has 0 spiro atoms. The van der Waals surface area contributed by atoms with Crippen LogP contribution >= 0.6 is 0 Å². The fourth-order valence-corrected chi connectivity index (χ4v) is 5.09. The number of alkyl carbamates (subject to hydrolysis) is 1. The Hall–Kier alpha value is -2.19. The third-order valence-electron chi connectivity index (χ3n) is 7.49. The molecule has 38 heavy (non-hydrogen) atoms. The smallest absolute Gasteiger partial charge is 0.408 e. The van der Waals surface area contributed by atoms with Gasteiger partial charge in [0.05, 0.1) is 12.6 Å². The Morgan fingerprint density at radius 2 is 1.87 bits per heavy atom. The van der Waals surface area contributed by atoms with Crippen molar-refractivity contribution >= 4 is 12.1 Å². The number of hydrogen-bond donors (Lipinski definition) is 1. The van der Waals surface area contributed by atoms with E-state index in [1.54, 1.807) is 34.6 Å². The van der Waals surface area contributed by atoms with Crippen molar-refractivity contribution in [1.82, 2.24) is 10.3 Å². The molecule has 3 fully saturated rings. The lowest BCUT2D eigenvalue weighted by atomic mass is 9.88. The highest BCUT2D eigenvalue weighted by Gasteiger charge is 2.59. The van der Waals surface area contributed by atoms with Crippen LogP contribution < -0.4 is 5.32 Å². The summed E-state index contributed by atoms with van der Waals surface area (Å²) in [4.78, 5) is 31.1. The van der Waals surface area contributed by atoms with Crippen molar-refractivity contribution in [3.8, 4) is 0 Å². The maximum absolute atomic E-state index is 13.6. The number of aromatic nitrogens is 1. The van der Waals surface area contributed by atoms with Gasteiger partial charge in [0.2, 0.25) is 5.79 Å². The molecular weight excluding hydrogens is 484 g/mol. The molecule has 2 aliphatic carbocycles. The normalized spacial score (nSPS) is 23.7. The summed E-state index contributed by atoms with van der Waals surface area (Å²) in [6, 6.07) is 1.25. The van der Waals surface area contributed by atoms with Crippen LogP contribution in [0.4, 0.5) is 4.79 Å². The van der Waals surface area contributed by atoms with Gasteiger partial charge >= 0.3 is 12.1 Å². The van der Waals surface area contributed by atoms with Crippen molar-refractivity contribution in [1.29, 1.82) is 0 Å². The molecule has 1 amide bonds. The molecule has 1 saturated heterocycles. The number of nitrogens with zero attached hydrogens (tertiary/aromatic N) is 1. The first-order valence-corrected chi connectivity index (χ1v) is 14.3. The van der Waals surface area contributed by atoms with Crippen molar-refractivity contribution in [2.24, 2.45) is 11.8 Å². The molecule has 2 heterocycles. The molecule has 2 saturated carbocycles. The third-order valence-corrected chi connectivity index (χ3v) is 7.49. The fourth-order valence-electron chi connectivity index (χ4n) is 5.09. The number of carbonyl (C=O) groups excluding carboxylic acids is 2. The molecular formula is C30H46N2O6. The first kappa shape index (κ1) is 28.8. The third kappa shape index (κ3) is 8.15. The average Bonchev–Trinajstić information content (AvgIpc) is 3.71. The van der Waals surface area contributed by atoms with E-state index in [9.17, 15) is 9.59 Å². The van der Waals surface area contributed by atoms with Crippen LogP contribution in [-0.4, -0.2) is 53.3 Å². The van der Waals surface area contributed by atoms with Gasteiger partial charge < -0.3 is 24.3 Å². The van der Waals surface area contributed by atoms with Crippen molar-refractivity contribution in [2.75, 3.05) is 13.2 Å². The van der Waals surface area contributed by atoms with Crippen LogP contribution in [0.3, 0.4) is 0 Å². The van der Waals surface area contributed by atoms with Crippen molar-refractivity contribution in [2.45, 2.75) is 122 Å². The summed E-state index contributed by atoms with van der Waals surface area (Å²) in [5.74, 6) is -0.0881. The minimum Gasteiger partial charge on any atom is -0.444 e. The van der Waals surface area contributed by atoms with Gasteiger partial charge in [-0.3, -0.25) is 4.98 Å². The second kappa shape index (κ2) is 11.5. The first-order chi connectivity index (χ1) is 17.9. The number of carbonyl (C=O) groups is 2. The van der Waals surface area contributed by atoms with Gasteiger partial charge in [-0.15, -0.1) is 0 Å². The lowest BCUT2D eigenvalue weighted by Crippen LogP contribution is -2.61. The molecule has 4 rings (SSSR count). The number of ether oxygens (including phenoxy) is 4. The minimum atomic E-state index is -1.51. The predicted molar refractivity (Wildman–Crippen MR) is 144 cm³/mol. The van der Waals surface area contributed by atoms with Crippen LogP contribution in [0.15, 0.2) is 12.3 Å². The lowest BCUT2D eigenvalue weighted by Gasteiger charge is -2.35. The Labute approximate surface area is 227 Å². The van der Waals surface area contributed by atoms with Crippen molar-refractivity contribution in [3.05, 3.63) is 29.1 Å². The molecule has 0 radical (unpaired) electrons. The van der Waals surface area contributed by atoms with E-state index in [2.05, 4.69) is 23.3 Å². The number of pyridine rings is 1. The minimum absolute atomic E-state index is 0.0945. The quantitative estimate of drug-likeness (QED) is 0.269. The van der Waals surface area contributed by atoms with E-state index in [1.165, 1.54) is 37.7 Å². The van der Waals surface area contributed by atoms with E-state index in [1.807, 2.05) is 6.20 Å². The van der Waals surface area contributed by atoms with Gasteiger partial charge in [-0.25, -0.2) is 9.59 Å². The molecule has 1 aromatic heterocycles. The molecule has 8 heteroatoms. The summed E-state index contributed by atoms with van der Waals surface area (Å²) in [5, 5.41) is 2.89. The van der Waals surface area contributed by atoms with Crippen LogP contribution in [0.5, 0.6) is 0 Å². The van der Waals surface area contributed by atoms with Crippen LogP contribution in [0, 0.1) is 18.8 Å². The molecule has 3 aliphatic rings. The topological polar surface area (TPSA) is 96.0 Å². The zero-order valence-corrected chi connectivity index (χ0v) is 24.1. The Morgan fingerprint density at radius 1 is 1.18 bits per heavy atom. The van der Waals surface area contributed by atoms with Crippen LogP contribution in [-0.2, 0) is 36.6 Å². The summed E-state index contributed by atoms with van der Waals surface area (Å²) in [5.41, 5.74) is 0.891. The molecule has 1 aromatic rings. The Bertz CT molecular complexity index is 995. The van der Waals surface area contributed by atoms with Gasteiger partial charge in [-0.2, -0.15) is 0 Å². The van der Waals surface area contributed by atoms with E-state index >= 15 is 0 Å². The monoisotopic (exact) mass is 530 g/mol. The fraction of sp³-hybridized carbons (Fsp3) is 0.767. The predicted octanol–water partition coefficient (Wildman–Crippen LogP) is 5.42. The molecule has 2 atom stereocenters. The maximum Gasteiger partial charge on any atom is 0.408 e. The van der Waals surface area contributed by atoms with Gasteiger partial charge in [-0.05, 0) is 76.0 Å². The Kier molecular flexibility index (Phi) is 8.72. The molecule has 0 unspecified atom stereocenters. The molecule has 8 nitrogen and oxygen atoms in total. The van der Waals surface area contributed by atoms with Crippen LogP contribution in [0.25, 0.3) is 0 Å². The van der Waals surface area contributed by atoms with Crippen LogP contribution in [0.1, 0.15) is 96.4 Å².